The zero-order valence-electron chi connectivity index (χ0n) is 13.5. The van der Waals surface area contributed by atoms with Gasteiger partial charge in [-0.3, -0.25) is 9.59 Å². The number of unbranched alkanes of at least 4 members (excludes halogenated alkanes) is 1. The van der Waals surface area contributed by atoms with Gasteiger partial charge < -0.3 is 9.80 Å². The van der Waals surface area contributed by atoms with Gasteiger partial charge in [-0.25, -0.2) is 8.42 Å². The highest BCUT2D eigenvalue weighted by Gasteiger charge is 2.40. The normalized spacial score (nSPS) is 27.4. The maximum Gasteiger partial charge on any atom is 0.228 e. The van der Waals surface area contributed by atoms with Gasteiger partial charge in [-0.15, -0.1) is 0 Å². The van der Waals surface area contributed by atoms with Crippen LogP contribution in [-0.4, -0.2) is 67.2 Å². The molecule has 0 aliphatic carbocycles. The maximum absolute atomic E-state index is 12.8. The lowest BCUT2D eigenvalue weighted by Gasteiger charge is -2.30. The molecule has 2 aliphatic rings. The Balaban J connectivity index is 2.08. The number of carbonyl (C=O) groups excluding carboxylic acids is 2. The van der Waals surface area contributed by atoms with Gasteiger partial charge in [0.05, 0.1) is 17.4 Å². The maximum atomic E-state index is 12.8. The van der Waals surface area contributed by atoms with Crippen LogP contribution in [0.15, 0.2) is 0 Å². The van der Waals surface area contributed by atoms with E-state index in [0.29, 0.717) is 26.1 Å². The van der Waals surface area contributed by atoms with Gasteiger partial charge in [0.15, 0.2) is 9.84 Å². The first-order valence-electron chi connectivity index (χ1n) is 8.16. The molecule has 0 aromatic rings. The Hall–Kier alpha value is -1.11. The molecule has 0 aromatic heterocycles. The molecule has 2 saturated heterocycles. The molecular weight excluding hydrogens is 304 g/mol. The molecule has 2 atom stereocenters. The van der Waals surface area contributed by atoms with Crippen molar-refractivity contribution in [1.29, 1.82) is 0 Å². The van der Waals surface area contributed by atoms with E-state index in [2.05, 4.69) is 0 Å². The van der Waals surface area contributed by atoms with E-state index < -0.39 is 9.84 Å². The minimum atomic E-state index is -3.02. The highest BCUT2D eigenvalue weighted by molar-refractivity contribution is 7.91. The van der Waals surface area contributed by atoms with Gasteiger partial charge in [0, 0.05) is 32.1 Å². The molecule has 22 heavy (non-hydrogen) atoms. The minimum Gasteiger partial charge on any atom is -0.342 e. The molecule has 2 unspecified atom stereocenters. The molecule has 126 valence electrons. The van der Waals surface area contributed by atoms with Crippen molar-refractivity contribution in [1.82, 2.24) is 9.80 Å². The summed E-state index contributed by atoms with van der Waals surface area (Å²) < 4.78 is 23.4. The van der Waals surface area contributed by atoms with Crippen molar-refractivity contribution >= 4 is 21.7 Å². The Bertz CT molecular complexity index is 532. The lowest BCUT2D eigenvalue weighted by Crippen LogP contribution is -2.45. The number of amides is 2. The number of nitrogens with zero attached hydrogens (tertiary/aromatic N) is 2. The van der Waals surface area contributed by atoms with Crippen molar-refractivity contribution in [2.24, 2.45) is 5.92 Å². The summed E-state index contributed by atoms with van der Waals surface area (Å²) in [6.07, 6.45) is 2.60. The highest BCUT2D eigenvalue weighted by atomic mass is 32.2. The Kier molecular flexibility index (Phi) is 5.47. The van der Waals surface area contributed by atoms with Gasteiger partial charge in [-0.1, -0.05) is 13.3 Å². The SMILES string of the molecule is CCCCN(C(=O)C1CC(=O)N(CC)C1)C1CCS(=O)(=O)C1. The third kappa shape index (κ3) is 3.80. The van der Waals surface area contributed by atoms with Crippen LogP contribution in [0.25, 0.3) is 0 Å². The van der Waals surface area contributed by atoms with Crippen molar-refractivity contribution in [3.05, 3.63) is 0 Å². The lowest BCUT2D eigenvalue weighted by atomic mass is 10.0. The topological polar surface area (TPSA) is 74.8 Å². The summed E-state index contributed by atoms with van der Waals surface area (Å²) in [5, 5.41) is 0. The fourth-order valence-electron chi connectivity index (χ4n) is 3.30. The quantitative estimate of drug-likeness (QED) is 0.717. The number of hydrogen-bond acceptors (Lipinski definition) is 4. The van der Waals surface area contributed by atoms with Crippen molar-refractivity contribution in [3.8, 4) is 0 Å². The summed E-state index contributed by atoms with van der Waals surface area (Å²) in [4.78, 5) is 28.1. The molecule has 0 aromatic carbocycles. The molecule has 2 rings (SSSR count). The van der Waals surface area contributed by atoms with E-state index in [4.69, 9.17) is 0 Å². The summed E-state index contributed by atoms with van der Waals surface area (Å²) >= 11 is 0. The largest absolute Gasteiger partial charge is 0.342 e. The van der Waals surface area contributed by atoms with Gasteiger partial charge in [0.25, 0.3) is 0 Å². The standard InChI is InChI=1S/C15H26N2O4S/c1-3-5-7-17(13-6-8-22(20,21)11-13)15(19)12-9-14(18)16(4-2)10-12/h12-13H,3-11H2,1-2H3. The molecule has 0 radical (unpaired) electrons. The van der Waals surface area contributed by atoms with Gasteiger partial charge in [-0.05, 0) is 19.8 Å². The minimum absolute atomic E-state index is 0.0235. The smallest absolute Gasteiger partial charge is 0.228 e. The summed E-state index contributed by atoms with van der Waals surface area (Å²) in [6.45, 7) is 5.63. The van der Waals surface area contributed by atoms with Gasteiger partial charge in [-0.2, -0.15) is 0 Å². The molecule has 7 heteroatoms. The summed E-state index contributed by atoms with van der Waals surface area (Å²) in [7, 11) is -3.02. The van der Waals surface area contributed by atoms with Crippen LogP contribution in [0.4, 0.5) is 0 Å². The third-order valence-electron chi connectivity index (χ3n) is 4.63. The van der Waals surface area contributed by atoms with Gasteiger partial charge in [0.1, 0.15) is 0 Å². The Morgan fingerprint density at radius 1 is 1.36 bits per heavy atom. The molecule has 2 aliphatic heterocycles. The van der Waals surface area contributed by atoms with Crippen LogP contribution in [0.1, 0.15) is 39.5 Å². The third-order valence-corrected chi connectivity index (χ3v) is 6.38. The average Bonchev–Trinajstić information content (AvgIpc) is 3.01. The summed E-state index contributed by atoms with van der Waals surface area (Å²) in [5.41, 5.74) is 0. The second kappa shape index (κ2) is 6.98. The number of carbonyl (C=O) groups is 2. The first-order chi connectivity index (χ1) is 10.4. The van der Waals surface area contributed by atoms with Gasteiger partial charge in [0.2, 0.25) is 11.8 Å². The predicted molar refractivity (Wildman–Crippen MR) is 84.0 cm³/mol. The van der Waals surface area contributed by atoms with E-state index in [-0.39, 0.29) is 41.7 Å². The Morgan fingerprint density at radius 3 is 2.59 bits per heavy atom. The first-order valence-corrected chi connectivity index (χ1v) is 9.98. The van der Waals surface area contributed by atoms with Crippen LogP contribution in [0, 0.1) is 5.92 Å². The molecule has 0 saturated carbocycles. The number of rotatable bonds is 6. The van der Waals surface area contributed by atoms with Crippen LogP contribution in [0.2, 0.25) is 0 Å². The summed E-state index contributed by atoms with van der Waals surface area (Å²) in [6, 6.07) is -0.213. The van der Waals surface area contributed by atoms with Crippen LogP contribution in [-0.2, 0) is 19.4 Å². The van der Waals surface area contributed by atoms with Crippen molar-refractivity contribution in [2.45, 2.75) is 45.6 Å². The molecular formula is C15H26N2O4S. The second-order valence-electron chi connectivity index (χ2n) is 6.28. The molecule has 0 spiro atoms. The van der Waals surface area contributed by atoms with E-state index in [1.165, 1.54) is 0 Å². The molecule has 0 bridgehead atoms. The van der Waals surface area contributed by atoms with E-state index in [0.717, 1.165) is 12.8 Å². The lowest BCUT2D eigenvalue weighted by molar-refractivity contribution is -0.137. The average molecular weight is 330 g/mol. The van der Waals surface area contributed by atoms with Crippen molar-refractivity contribution in [2.75, 3.05) is 31.1 Å². The molecule has 2 amide bonds. The first kappa shape index (κ1) is 17.2. The Labute approximate surface area is 132 Å². The number of sulfone groups is 1. The van der Waals surface area contributed by atoms with Gasteiger partial charge >= 0.3 is 0 Å². The molecule has 2 heterocycles. The van der Waals surface area contributed by atoms with E-state index in [9.17, 15) is 18.0 Å². The zero-order valence-corrected chi connectivity index (χ0v) is 14.3. The van der Waals surface area contributed by atoms with Crippen LogP contribution in [0.5, 0.6) is 0 Å². The zero-order chi connectivity index (χ0) is 16.3. The highest BCUT2D eigenvalue weighted by Crippen LogP contribution is 2.25. The number of hydrogen-bond donors (Lipinski definition) is 0. The second-order valence-corrected chi connectivity index (χ2v) is 8.50. The number of likely N-dealkylation sites (tertiary alicyclic amines) is 1. The van der Waals surface area contributed by atoms with Crippen molar-refractivity contribution < 1.29 is 18.0 Å². The van der Waals surface area contributed by atoms with E-state index in [1.807, 2.05) is 13.8 Å². The fourth-order valence-corrected chi connectivity index (χ4v) is 5.03. The van der Waals surface area contributed by atoms with Crippen LogP contribution < -0.4 is 0 Å². The van der Waals surface area contributed by atoms with E-state index >= 15 is 0 Å². The summed E-state index contributed by atoms with van der Waals surface area (Å²) in [5.74, 6) is -0.0958. The van der Waals surface area contributed by atoms with Crippen LogP contribution in [0.3, 0.4) is 0 Å². The monoisotopic (exact) mass is 330 g/mol. The van der Waals surface area contributed by atoms with E-state index in [1.54, 1.807) is 9.80 Å². The molecule has 2 fully saturated rings. The fraction of sp³-hybridized carbons (Fsp3) is 0.867. The van der Waals surface area contributed by atoms with Crippen LogP contribution >= 0.6 is 0 Å². The predicted octanol–water partition coefficient (Wildman–Crippen LogP) is 0.671. The Morgan fingerprint density at radius 2 is 2.09 bits per heavy atom. The van der Waals surface area contributed by atoms with Crippen molar-refractivity contribution in [3.63, 3.8) is 0 Å². The molecule has 6 nitrogen and oxygen atoms in total. The molecule has 0 N–H and O–H groups in total.